The van der Waals surface area contributed by atoms with Crippen LogP contribution in [0.25, 0.3) is 0 Å². The van der Waals surface area contributed by atoms with E-state index in [0.29, 0.717) is 5.92 Å². The molecule has 1 heterocycles. The van der Waals surface area contributed by atoms with Crippen molar-refractivity contribution in [1.29, 1.82) is 0 Å². The molecule has 0 amide bonds. The molecule has 2 unspecified atom stereocenters. The lowest BCUT2D eigenvalue weighted by atomic mass is 9.78. The Kier molecular flexibility index (Phi) is 5.43. The Morgan fingerprint density at radius 1 is 1.35 bits per heavy atom. The SMILES string of the molecule is CCCNCC1CCCCC1c1cnc(C(F)(F)F)s1. The van der Waals surface area contributed by atoms with Crippen LogP contribution >= 0.6 is 11.3 Å². The molecule has 1 fully saturated rings. The Bertz CT molecular complexity index is 417. The summed E-state index contributed by atoms with van der Waals surface area (Å²) in [5, 5.41) is 2.69. The van der Waals surface area contributed by atoms with Crippen LogP contribution in [0.4, 0.5) is 13.2 Å². The van der Waals surface area contributed by atoms with Crippen LogP contribution in [-0.4, -0.2) is 18.1 Å². The van der Waals surface area contributed by atoms with Gasteiger partial charge in [-0.3, -0.25) is 0 Å². The van der Waals surface area contributed by atoms with E-state index in [-0.39, 0.29) is 5.92 Å². The third-order valence-corrected chi connectivity index (χ3v) is 5.05. The quantitative estimate of drug-likeness (QED) is 0.814. The van der Waals surface area contributed by atoms with Crippen molar-refractivity contribution < 1.29 is 13.2 Å². The van der Waals surface area contributed by atoms with Crippen LogP contribution in [0.3, 0.4) is 0 Å². The van der Waals surface area contributed by atoms with E-state index in [2.05, 4.69) is 17.2 Å². The molecule has 2 atom stereocenters. The van der Waals surface area contributed by atoms with Gasteiger partial charge in [0.15, 0.2) is 5.01 Å². The molecule has 1 saturated carbocycles. The van der Waals surface area contributed by atoms with Crippen LogP contribution in [0.15, 0.2) is 6.20 Å². The first-order chi connectivity index (χ1) is 9.52. The molecule has 0 spiro atoms. The highest BCUT2D eigenvalue weighted by molar-refractivity contribution is 7.11. The molecular weight excluding hydrogens is 285 g/mol. The minimum atomic E-state index is -4.31. The number of hydrogen-bond acceptors (Lipinski definition) is 3. The summed E-state index contributed by atoms with van der Waals surface area (Å²) < 4.78 is 37.9. The fraction of sp³-hybridized carbons (Fsp3) is 0.786. The van der Waals surface area contributed by atoms with E-state index < -0.39 is 11.2 Å². The summed E-state index contributed by atoms with van der Waals surface area (Å²) in [5.41, 5.74) is 0. The minimum absolute atomic E-state index is 0.238. The van der Waals surface area contributed by atoms with Gasteiger partial charge in [0.2, 0.25) is 0 Å². The maximum Gasteiger partial charge on any atom is 0.443 e. The first kappa shape index (κ1) is 15.8. The van der Waals surface area contributed by atoms with Crippen molar-refractivity contribution in [3.8, 4) is 0 Å². The first-order valence-electron chi connectivity index (χ1n) is 7.26. The number of rotatable bonds is 5. The highest BCUT2D eigenvalue weighted by Gasteiger charge is 2.36. The van der Waals surface area contributed by atoms with Gasteiger partial charge in [-0.25, -0.2) is 4.98 Å². The number of thiazole rings is 1. The van der Waals surface area contributed by atoms with Gasteiger partial charge in [-0.15, -0.1) is 11.3 Å². The molecule has 1 N–H and O–H groups in total. The van der Waals surface area contributed by atoms with Crippen LogP contribution < -0.4 is 5.32 Å². The maximum absolute atomic E-state index is 12.6. The predicted octanol–water partition coefficient (Wildman–Crippen LogP) is 4.44. The predicted molar refractivity (Wildman–Crippen MR) is 75.0 cm³/mol. The third kappa shape index (κ3) is 3.95. The van der Waals surface area contributed by atoms with E-state index in [4.69, 9.17) is 0 Å². The lowest BCUT2D eigenvalue weighted by Gasteiger charge is -2.31. The first-order valence-corrected chi connectivity index (χ1v) is 8.07. The summed E-state index contributed by atoms with van der Waals surface area (Å²) in [5.74, 6) is 0.679. The maximum atomic E-state index is 12.6. The van der Waals surface area contributed by atoms with Crippen molar-refractivity contribution in [2.45, 2.75) is 51.1 Å². The fourth-order valence-electron chi connectivity index (χ4n) is 2.88. The lowest BCUT2D eigenvalue weighted by Crippen LogP contribution is -2.29. The van der Waals surface area contributed by atoms with Crippen molar-refractivity contribution in [3.63, 3.8) is 0 Å². The standard InChI is InChI=1S/C14H21F3N2S/c1-2-7-18-8-10-5-3-4-6-11(10)12-9-19-13(20-12)14(15,16)17/h9-11,18H,2-8H2,1H3. The zero-order chi connectivity index (χ0) is 14.6. The Morgan fingerprint density at radius 2 is 2.10 bits per heavy atom. The molecule has 1 aliphatic carbocycles. The van der Waals surface area contributed by atoms with Gasteiger partial charge in [0, 0.05) is 11.1 Å². The van der Waals surface area contributed by atoms with Gasteiger partial charge in [0.1, 0.15) is 0 Å². The van der Waals surface area contributed by atoms with Crippen molar-refractivity contribution in [2.75, 3.05) is 13.1 Å². The Labute approximate surface area is 121 Å². The number of nitrogens with one attached hydrogen (secondary N) is 1. The molecule has 6 heteroatoms. The molecule has 0 aliphatic heterocycles. The number of nitrogens with zero attached hydrogens (tertiary/aromatic N) is 1. The molecule has 0 bridgehead atoms. The van der Waals surface area contributed by atoms with Gasteiger partial charge in [0.25, 0.3) is 0 Å². The average molecular weight is 306 g/mol. The van der Waals surface area contributed by atoms with Crippen LogP contribution in [0.2, 0.25) is 0 Å². The van der Waals surface area contributed by atoms with E-state index in [1.165, 1.54) is 12.6 Å². The van der Waals surface area contributed by atoms with E-state index >= 15 is 0 Å². The molecule has 0 aromatic carbocycles. The minimum Gasteiger partial charge on any atom is -0.316 e. The molecule has 2 nitrogen and oxygen atoms in total. The second-order valence-corrected chi connectivity index (χ2v) is 6.48. The molecular formula is C14H21F3N2S. The molecule has 114 valence electrons. The van der Waals surface area contributed by atoms with Gasteiger partial charge in [-0.05, 0) is 44.2 Å². The summed E-state index contributed by atoms with van der Waals surface area (Å²) in [6, 6.07) is 0. The second kappa shape index (κ2) is 6.89. The second-order valence-electron chi connectivity index (χ2n) is 5.42. The summed E-state index contributed by atoms with van der Waals surface area (Å²) >= 11 is 0.825. The average Bonchev–Trinajstić information content (AvgIpc) is 2.89. The van der Waals surface area contributed by atoms with Crippen molar-refractivity contribution in [3.05, 3.63) is 16.1 Å². The van der Waals surface area contributed by atoms with Gasteiger partial charge >= 0.3 is 6.18 Å². The molecule has 0 radical (unpaired) electrons. The highest BCUT2D eigenvalue weighted by atomic mass is 32.1. The molecule has 20 heavy (non-hydrogen) atoms. The smallest absolute Gasteiger partial charge is 0.316 e. The van der Waals surface area contributed by atoms with Gasteiger partial charge in [-0.1, -0.05) is 19.8 Å². The number of aromatic nitrogens is 1. The zero-order valence-electron chi connectivity index (χ0n) is 11.7. The van der Waals surface area contributed by atoms with Gasteiger partial charge < -0.3 is 5.32 Å². The van der Waals surface area contributed by atoms with E-state index in [0.717, 1.165) is 55.0 Å². The molecule has 2 rings (SSSR count). The monoisotopic (exact) mass is 306 g/mol. The molecule has 1 aliphatic rings. The Balaban J connectivity index is 2.05. The molecule has 1 aromatic heterocycles. The fourth-order valence-corrected chi connectivity index (χ4v) is 3.89. The van der Waals surface area contributed by atoms with Crippen molar-refractivity contribution in [1.82, 2.24) is 10.3 Å². The van der Waals surface area contributed by atoms with E-state index in [1.807, 2.05) is 0 Å². The number of hydrogen-bond donors (Lipinski definition) is 1. The third-order valence-electron chi connectivity index (χ3n) is 3.87. The van der Waals surface area contributed by atoms with Crippen LogP contribution in [0.1, 0.15) is 54.8 Å². The largest absolute Gasteiger partial charge is 0.443 e. The van der Waals surface area contributed by atoms with Crippen molar-refractivity contribution >= 4 is 11.3 Å². The van der Waals surface area contributed by atoms with Gasteiger partial charge in [-0.2, -0.15) is 13.2 Å². The normalized spacial score (nSPS) is 24.0. The zero-order valence-corrected chi connectivity index (χ0v) is 12.5. The highest BCUT2D eigenvalue weighted by Crippen LogP contribution is 2.42. The summed E-state index contributed by atoms with van der Waals surface area (Å²) in [4.78, 5) is 4.37. The van der Waals surface area contributed by atoms with Gasteiger partial charge in [0.05, 0.1) is 0 Å². The topological polar surface area (TPSA) is 24.9 Å². The lowest BCUT2D eigenvalue weighted by molar-refractivity contribution is -0.137. The Morgan fingerprint density at radius 3 is 2.75 bits per heavy atom. The van der Waals surface area contributed by atoms with Crippen molar-refractivity contribution in [2.24, 2.45) is 5.92 Å². The molecule has 0 saturated heterocycles. The van der Waals surface area contributed by atoms with Crippen LogP contribution in [0.5, 0.6) is 0 Å². The summed E-state index contributed by atoms with van der Waals surface area (Å²) in [6.07, 6.45) is 2.58. The van der Waals surface area contributed by atoms with Crippen LogP contribution in [-0.2, 0) is 6.18 Å². The van der Waals surface area contributed by atoms with E-state index in [1.54, 1.807) is 0 Å². The summed E-state index contributed by atoms with van der Waals surface area (Å²) in [6.45, 7) is 3.99. The summed E-state index contributed by atoms with van der Waals surface area (Å²) in [7, 11) is 0. The Hall–Kier alpha value is -0.620. The number of alkyl halides is 3. The van der Waals surface area contributed by atoms with E-state index in [9.17, 15) is 13.2 Å². The van der Waals surface area contributed by atoms with Crippen LogP contribution in [0, 0.1) is 5.92 Å². The molecule has 1 aromatic rings. The number of halogens is 3.